The van der Waals surface area contributed by atoms with Crippen LogP contribution in [0.3, 0.4) is 0 Å². The van der Waals surface area contributed by atoms with Crippen LogP contribution in [-0.2, 0) is 6.54 Å². The van der Waals surface area contributed by atoms with Crippen LogP contribution < -0.4 is 5.56 Å². The summed E-state index contributed by atoms with van der Waals surface area (Å²) >= 11 is 0. The van der Waals surface area contributed by atoms with Crippen LogP contribution in [0.15, 0.2) is 59.5 Å². The van der Waals surface area contributed by atoms with Crippen LogP contribution in [0.4, 0.5) is 0 Å². The highest BCUT2D eigenvalue weighted by Crippen LogP contribution is 2.30. The summed E-state index contributed by atoms with van der Waals surface area (Å²) < 4.78 is 1.99. The van der Waals surface area contributed by atoms with Gasteiger partial charge in [-0.15, -0.1) is 10.2 Å². The summed E-state index contributed by atoms with van der Waals surface area (Å²) in [5.41, 5.74) is 4.93. The Morgan fingerprint density at radius 2 is 1.83 bits per heavy atom. The standard InChI is InChI=1S/C20H16N8O/c1-12-22-18-17(10-21-25-20(18)29)28(12)11-13-6-8-14(9-7-13)15-4-2-3-5-16(15)19-23-26-27-24-19/h2-10H,11H2,1H3,(H,25,29)(H,23,24,26,27). The van der Waals surface area contributed by atoms with Crippen LogP contribution in [0.25, 0.3) is 33.5 Å². The first-order chi connectivity index (χ1) is 14.2. The average Bonchev–Trinajstić information content (AvgIpc) is 3.39. The third-order valence-corrected chi connectivity index (χ3v) is 4.88. The van der Waals surface area contributed by atoms with Crippen molar-refractivity contribution in [3.8, 4) is 22.5 Å². The fourth-order valence-corrected chi connectivity index (χ4v) is 3.46. The molecule has 0 radical (unpaired) electrons. The molecule has 0 aliphatic rings. The third-order valence-electron chi connectivity index (χ3n) is 4.88. The van der Waals surface area contributed by atoms with Crippen molar-refractivity contribution >= 4 is 11.0 Å². The highest BCUT2D eigenvalue weighted by atomic mass is 16.1. The Bertz CT molecular complexity index is 1350. The van der Waals surface area contributed by atoms with Gasteiger partial charge in [0.05, 0.1) is 11.7 Å². The van der Waals surface area contributed by atoms with Crippen molar-refractivity contribution in [1.82, 2.24) is 40.4 Å². The minimum Gasteiger partial charge on any atom is -0.322 e. The molecule has 5 aromatic rings. The number of nitrogens with one attached hydrogen (secondary N) is 2. The van der Waals surface area contributed by atoms with Crippen LogP contribution in [0, 0.1) is 6.92 Å². The number of benzene rings is 2. The fraction of sp³-hybridized carbons (Fsp3) is 0.100. The van der Waals surface area contributed by atoms with E-state index in [9.17, 15) is 4.79 Å². The van der Waals surface area contributed by atoms with E-state index < -0.39 is 0 Å². The molecule has 0 aliphatic carbocycles. The van der Waals surface area contributed by atoms with Gasteiger partial charge in [0.1, 0.15) is 5.82 Å². The van der Waals surface area contributed by atoms with Gasteiger partial charge < -0.3 is 4.57 Å². The molecule has 0 spiro atoms. The smallest absolute Gasteiger partial charge is 0.292 e. The Labute approximate surface area is 164 Å². The van der Waals surface area contributed by atoms with Gasteiger partial charge >= 0.3 is 0 Å². The summed E-state index contributed by atoms with van der Waals surface area (Å²) in [6.45, 7) is 2.48. The zero-order chi connectivity index (χ0) is 19.8. The van der Waals surface area contributed by atoms with Crippen LogP contribution in [0.1, 0.15) is 11.4 Å². The lowest BCUT2D eigenvalue weighted by Crippen LogP contribution is -2.08. The molecule has 0 bridgehead atoms. The summed E-state index contributed by atoms with van der Waals surface area (Å²) in [5, 5.41) is 20.7. The summed E-state index contributed by atoms with van der Waals surface area (Å²) in [6, 6.07) is 16.2. The highest BCUT2D eigenvalue weighted by molar-refractivity contribution is 5.80. The Morgan fingerprint density at radius 1 is 1.03 bits per heavy atom. The van der Waals surface area contributed by atoms with E-state index in [-0.39, 0.29) is 5.56 Å². The number of aromatic amines is 2. The van der Waals surface area contributed by atoms with Crippen molar-refractivity contribution in [2.45, 2.75) is 13.5 Å². The second kappa shape index (κ2) is 6.79. The molecule has 0 saturated carbocycles. The van der Waals surface area contributed by atoms with Crippen LogP contribution in [-0.4, -0.2) is 40.4 Å². The maximum Gasteiger partial charge on any atom is 0.292 e. The number of aromatic nitrogens is 8. The van der Waals surface area contributed by atoms with Crippen LogP contribution in [0.5, 0.6) is 0 Å². The highest BCUT2D eigenvalue weighted by Gasteiger charge is 2.13. The number of imidazole rings is 1. The van der Waals surface area contributed by atoms with Gasteiger partial charge in [-0.2, -0.15) is 10.3 Å². The van der Waals surface area contributed by atoms with E-state index in [2.05, 4.69) is 60.1 Å². The molecule has 0 atom stereocenters. The normalized spacial score (nSPS) is 11.2. The van der Waals surface area contributed by atoms with Crippen molar-refractivity contribution in [3.05, 3.63) is 76.5 Å². The van der Waals surface area contributed by atoms with Gasteiger partial charge in [-0.1, -0.05) is 48.5 Å². The van der Waals surface area contributed by atoms with E-state index in [1.54, 1.807) is 6.20 Å². The Morgan fingerprint density at radius 3 is 2.59 bits per heavy atom. The lowest BCUT2D eigenvalue weighted by Gasteiger charge is -2.10. The number of tetrazole rings is 1. The van der Waals surface area contributed by atoms with E-state index in [0.717, 1.165) is 33.6 Å². The third kappa shape index (κ3) is 2.98. The molecule has 3 heterocycles. The predicted octanol–water partition coefficient (Wildman–Crippen LogP) is 2.32. The first-order valence-electron chi connectivity index (χ1n) is 9.03. The number of aryl methyl sites for hydroxylation is 1. The Balaban J connectivity index is 1.49. The lowest BCUT2D eigenvalue weighted by atomic mass is 9.98. The maximum atomic E-state index is 11.9. The molecule has 0 amide bonds. The van der Waals surface area contributed by atoms with E-state index >= 15 is 0 Å². The lowest BCUT2D eigenvalue weighted by molar-refractivity contribution is 0.784. The molecule has 0 fully saturated rings. The molecule has 142 valence electrons. The Hall–Kier alpha value is -4.14. The molecule has 5 rings (SSSR count). The molecule has 9 nitrogen and oxygen atoms in total. The van der Waals surface area contributed by atoms with Crippen LogP contribution in [0.2, 0.25) is 0 Å². The number of fused-ring (bicyclic) bond motifs is 1. The molecular weight excluding hydrogens is 368 g/mol. The second-order valence-corrected chi connectivity index (χ2v) is 6.66. The Kier molecular flexibility index (Phi) is 3.98. The topological polar surface area (TPSA) is 118 Å². The summed E-state index contributed by atoms with van der Waals surface area (Å²) in [5.74, 6) is 1.33. The van der Waals surface area contributed by atoms with Crippen molar-refractivity contribution in [2.24, 2.45) is 0 Å². The second-order valence-electron chi connectivity index (χ2n) is 6.66. The van der Waals surface area contributed by atoms with Gasteiger partial charge in [0.2, 0.25) is 5.82 Å². The first kappa shape index (κ1) is 17.0. The fourth-order valence-electron chi connectivity index (χ4n) is 3.46. The minimum absolute atomic E-state index is 0.280. The number of rotatable bonds is 4. The van der Waals surface area contributed by atoms with Gasteiger partial charge in [0, 0.05) is 12.1 Å². The first-order valence-corrected chi connectivity index (χ1v) is 9.03. The van der Waals surface area contributed by atoms with Crippen molar-refractivity contribution < 1.29 is 0 Å². The van der Waals surface area contributed by atoms with Gasteiger partial charge in [0.15, 0.2) is 5.52 Å². The number of nitrogens with zero attached hydrogens (tertiary/aromatic N) is 6. The summed E-state index contributed by atoms with van der Waals surface area (Å²) in [7, 11) is 0. The van der Waals surface area contributed by atoms with E-state index in [0.29, 0.717) is 17.9 Å². The van der Waals surface area contributed by atoms with Crippen molar-refractivity contribution in [2.75, 3.05) is 0 Å². The molecule has 2 aromatic carbocycles. The molecular formula is C20H16N8O. The minimum atomic E-state index is -0.280. The molecule has 9 heteroatoms. The molecule has 29 heavy (non-hydrogen) atoms. The largest absolute Gasteiger partial charge is 0.322 e. The SMILES string of the molecule is Cc1nc2c(=O)[nH]ncc2n1Cc1ccc(-c2ccccc2-c2nn[nH]n2)cc1. The van der Waals surface area contributed by atoms with E-state index in [4.69, 9.17) is 0 Å². The van der Waals surface area contributed by atoms with Crippen LogP contribution >= 0.6 is 0 Å². The quantitative estimate of drug-likeness (QED) is 0.491. The van der Waals surface area contributed by atoms with Gasteiger partial charge in [-0.25, -0.2) is 10.1 Å². The van der Waals surface area contributed by atoms with Crippen molar-refractivity contribution in [3.63, 3.8) is 0 Å². The van der Waals surface area contributed by atoms with Gasteiger partial charge in [0.25, 0.3) is 5.56 Å². The average molecular weight is 384 g/mol. The number of hydrogen-bond donors (Lipinski definition) is 2. The zero-order valence-corrected chi connectivity index (χ0v) is 15.5. The predicted molar refractivity (Wildman–Crippen MR) is 107 cm³/mol. The molecule has 0 aliphatic heterocycles. The molecule has 0 unspecified atom stereocenters. The summed E-state index contributed by atoms with van der Waals surface area (Å²) in [4.78, 5) is 16.3. The molecule has 0 saturated heterocycles. The van der Waals surface area contributed by atoms with E-state index in [1.165, 1.54) is 0 Å². The molecule has 3 aromatic heterocycles. The number of hydrogen-bond acceptors (Lipinski definition) is 6. The maximum absolute atomic E-state index is 11.9. The number of H-pyrrole nitrogens is 2. The van der Waals surface area contributed by atoms with Gasteiger partial charge in [-0.05, 0) is 28.8 Å². The van der Waals surface area contributed by atoms with E-state index in [1.807, 2.05) is 35.8 Å². The molecule has 2 N–H and O–H groups in total. The zero-order valence-electron chi connectivity index (χ0n) is 15.5. The monoisotopic (exact) mass is 384 g/mol. The van der Waals surface area contributed by atoms with Crippen molar-refractivity contribution in [1.29, 1.82) is 0 Å². The van der Waals surface area contributed by atoms with Gasteiger partial charge in [-0.3, -0.25) is 4.79 Å². The summed E-state index contributed by atoms with van der Waals surface area (Å²) in [6.07, 6.45) is 1.63.